The molecule has 2 aliphatic rings. The van der Waals surface area contributed by atoms with E-state index in [9.17, 15) is 29.2 Å². The Bertz CT molecular complexity index is 1970. The molecule has 4 heterocycles. The molecule has 0 spiro atoms. The van der Waals surface area contributed by atoms with Crippen molar-refractivity contribution in [2.24, 2.45) is 0 Å². The molecule has 2 fully saturated rings. The van der Waals surface area contributed by atoms with Crippen LogP contribution in [0.3, 0.4) is 0 Å². The number of aryl methyl sites for hydroxylation is 2. The van der Waals surface area contributed by atoms with Crippen LogP contribution in [-0.4, -0.2) is 99.2 Å². The zero-order valence-corrected chi connectivity index (χ0v) is 37.7. The molecular weight excluding hydrogens is 794 g/mol. The molecular formula is C37H60N7O10PSSi. The van der Waals surface area contributed by atoms with Gasteiger partial charge in [-0.15, -0.1) is 11.8 Å². The van der Waals surface area contributed by atoms with Crippen molar-refractivity contribution in [3.05, 3.63) is 65.2 Å². The van der Waals surface area contributed by atoms with E-state index in [2.05, 4.69) is 59.9 Å². The smallest absolute Gasteiger partial charge is 0.330 e. The van der Waals surface area contributed by atoms with E-state index in [1.165, 1.54) is 33.3 Å². The average molecular weight is 854 g/mol. The summed E-state index contributed by atoms with van der Waals surface area (Å²) in [6, 6.07) is 1.73. The normalized spacial score (nSPS) is 23.4. The third-order valence-corrected chi connectivity index (χ3v) is 18.2. The van der Waals surface area contributed by atoms with Crippen LogP contribution in [0.4, 0.5) is 0 Å². The van der Waals surface area contributed by atoms with Crippen LogP contribution in [0.1, 0.15) is 91.3 Å². The number of nitriles is 1. The fraction of sp³-hybridized carbons (Fsp3) is 0.730. The van der Waals surface area contributed by atoms with Gasteiger partial charge in [-0.3, -0.25) is 33.5 Å². The van der Waals surface area contributed by atoms with Crippen LogP contribution in [0.15, 0.2) is 31.6 Å². The van der Waals surface area contributed by atoms with Crippen molar-refractivity contribution >= 4 is 34.5 Å². The van der Waals surface area contributed by atoms with Crippen molar-refractivity contribution in [3.63, 3.8) is 0 Å². The molecule has 0 saturated carbocycles. The van der Waals surface area contributed by atoms with Crippen LogP contribution in [0, 0.1) is 25.2 Å². The second-order valence-electron chi connectivity index (χ2n) is 16.6. The summed E-state index contributed by atoms with van der Waals surface area (Å²) in [4.78, 5) is 68.2. The number of aromatic nitrogens is 4. The van der Waals surface area contributed by atoms with E-state index in [4.69, 9.17) is 22.9 Å². The van der Waals surface area contributed by atoms with Crippen LogP contribution in [0.2, 0.25) is 18.1 Å². The summed E-state index contributed by atoms with van der Waals surface area (Å²) in [5.74, 6) is 0.120. The molecule has 2 aromatic rings. The van der Waals surface area contributed by atoms with Gasteiger partial charge in [0.25, 0.3) is 19.6 Å². The van der Waals surface area contributed by atoms with E-state index in [1.807, 2.05) is 27.7 Å². The maximum Gasteiger partial charge on any atom is 0.330 e. The number of ether oxygens (including phenoxy) is 2. The predicted octanol–water partition coefficient (Wildman–Crippen LogP) is 4.18. The number of hydrogen-bond donors (Lipinski definition) is 3. The molecule has 3 N–H and O–H groups in total. The molecule has 0 aromatic carbocycles. The lowest BCUT2D eigenvalue weighted by atomic mass is 10.1. The van der Waals surface area contributed by atoms with Crippen LogP contribution in [0.25, 0.3) is 0 Å². The summed E-state index contributed by atoms with van der Waals surface area (Å²) in [6.07, 6.45) is 0.501. The first-order valence-electron chi connectivity index (χ1n) is 19.3. The van der Waals surface area contributed by atoms with Gasteiger partial charge >= 0.3 is 11.4 Å². The van der Waals surface area contributed by atoms with Crippen molar-refractivity contribution < 1.29 is 27.7 Å². The Hall–Kier alpha value is -2.92. The number of H-pyrrole nitrogens is 2. The number of carbonyl (C=O) groups excluding carboxylic acids is 1. The largest absolute Gasteiger partial charge is 0.414 e. The minimum absolute atomic E-state index is 0.0550. The van der Waals surface area contributed by atoms with Gasteiger partial charge in [-0.25, -0.2) is 14.3 Å². The molecule has 1 unspecified atom stereocenters. The van der Waals surface area contributed by atoms with E-state index in [1.54, 1.807) is 13.8 Å². The third kappa shape index (κ3) is 12.1. The molecule has 0 radical (unpaired) electrons. The first kappa shape index (κ1) is 46.8. The predicted molar refractivity (Wildman–Crippen MR) is 222 cm³/mol. The van der Waals surface area contributed by atoms with Crippen LogP contribution >= 0.6 is 20.3 Å². The Kier molecular flexibility index (Phi) is 16.3. The van der Waals surface area contributed by atoms with Gasteiger partial charge in [0.2, 0.25) is 5.91 Å². The van der Waals surface area contributed by atoms with E-state index in [-0.39, 0.29) is 61.3 Å². The molecule has 2 aromatic heterocycles. The average Bonchev–Trinajstić information content (AvgIpc) is 3.69. The highest BCUT2D eigenvalue weighted by Crippen LogP contribution is 2.50. The van der Waals surface area contributed by atoms with Crippen molar-refractivity contribution in [2.45, 2.75) is 149 Å². The zero-order valence-electron chi connectivity index (χ0n) is 35.0. The molecule has 17 nitrogen and oxygen atoms in total. The SMILES string of the molecule is Cc1cn([C@H]2C[C@H](NC(=O)CSC[C@H]3O[C@@H](n4cc(C)c(=O)[nH]c4=O)C[C@@H]3OP(OCCC#N)N(C(C)C)C(C)C)[C@@H](CO[Si](C)(C)C(C)(C)C)O2)c(=O)[nH]c1=O. The fourth-order valence-corrected chi connectivity index (χ4v) is 10.1. The highest BCUT2D eigenvalue weighted by molar-refractivity contribution is 8.00. The van der Waals surface area contributed by atoms with E-state index in [0.29, 0.717) is 16.9 Å². The number of amides is 1. The molecule has 0 bridgehead atoms. The monoisotopic (exact) mass is 853 g/mol. The zero-order chi connectivity index (χ0) is 42.4. The first-order chi connectivity index (χ1) is 26.6. The lowest BCUT2D eigenvalue weighted by Gasteiger charge is -2.37. The number of aromatic amines is 2. The summed E-state index contributed by atoms with van der Waals surface area (Å²) in [6.45, 7) is 22.4. The topological polar surface area (TPSA) is 212 Å². The summed E-state index contributed by atoms with van der Waals surface area (Å²) in [5.41, 5.74) is -1.45. The number of rotatable bonds is 18. The van der Waals surface area contributed by atoms with Gasteiger partial charge in [0.1, 0.15) is 18.6 Å². The third-order valence-electron chi connectivity index (χ3n) is 10.5. The van der Waals surface area contributed by atoms with Crippen molar-refractivity contribution in [1.82, 2.24) is 29.1 Å². The highest BCUT2D eigenvalue weighted by Gasteiger charge is 2.44. The summed E-state index contributed by atoms with van der Waals surface area (Å²) >= 11 is 1.34. The summed E-state index contributed by atoms with van der Waals surface area (Å²) in [7, 11) is -3.85. The second kappa shape index (κ2) is 19.9. The van der Waals surface area contributed by atoms with Gasteiger partial charge < -0.3 is 28.3 Å². The van der Waals surface area contributed by atoms with Crippen LogP contribution in [-0.2, 0) is 27.7 Å². The van der Waals surface area contributed by atoms with Crippen molar-refractivity contribution in [3.8, 4) is 6.07 Å². The maximum atomic E-state index is 13.6. The number of thioether (sulfide) groups is 1. The Labute approximate surface area is 340 Å². The molecule has 1 amide bonds. The molecule has 2 aliphatic heterocycles. The van der Waals surface area contributed by atoms with E-state index in [0.717, 1.165) is 0 Å². The number of hydrogen-bond acceptors (Lipinski definition) is 13. The van der Waals surface area contributed by atoms with Crippen LogP contribution < -0.4 is 27.8 Å². The van der Waals surface area contributed by atoms with E-state index >= 15 is 0 Å². The fourth-order valence-electron chi connectivity index (χ4n) is 6.37. The van der Waals surface area contributed by atoms with Crippen molar-refractivity contribution in [1.29, 1.82) is 5.26 Å². The first-order valence-corrected chi connectivity index (χ1v) is 24.5. The Morgan fingerprint density at radius 2 is 1.54 bits per heavy atom. The standard InChI is InChI=1S/C37H60N7O10PSSi/c1-22(2)44(23(3)4)55(50-14-12-13-38)54-27-16-32(43-18-25(6)34(47)41-36(43)49)53-29(27)20-56-21-30(45)39-26-15-31(42-17-24(5)33(46)40-35(42)48)52-28(26)19-51-57(10,11)37(7,8)9/h17-18,22-23,26-29,31-32H,12,14-16,19-21H2,1-11H3,(H,39,45)(H,40,46,48)(H,41,47,49)/t26-,27-,28+,29+,31+,32+,55?/m0/s1. The minimum atomic E-state index is -2.20. The summed E-state index contributed by atoms with van der Waals surface area (Å²) in [5, 5.41) is 12.2. The van der Waals surface area contributed by atoms with Gasteiger partial charge in [-0.2, -0.15) is 5.26 Å². The Balaban J connectivity index is 1.51. The van der Waals surface area contributed by atoms with Gasteiger partial charge in [0.15, 0.2) is 8.32 Å². The summed E-state index contributed by atoms with van der Waals surface area (Å²) < 4.78 is 36.9. The van der Waals surface area contributed by atoms with Gasteiger partial charge in [0, 0.05) is 54.2 Å². The van der Waals surface area contributed by atoms with Gasteiger partial charge in [-0.1, -0.05) is 20.8 Å². The van der Waals surface area contributed by atoms with Gasteiger partial charge in [0.05, 0.1) is 49.7 Å². The second-order valence-corrected chi connectivity index (χ2v) is 23.9. The maximum absolute atomic E-state index is 13.6. The number of nitrogens with one attached hydrogen (secondary N) is 3. The van der Waals surface area contributed by atoms with Gasteiger partial charge in [-0.05, 0) is 59.7 Å². The Morgan fingerprint density at radius 3 is 2.07 bits per heavy atom. The molecule has 2 saturated heterocycles. The molecule has 4 rings (SSSR count). The number of carbonyl (C=O) groups is 1. The number of nitrogens with zero attached hydrogens (tertiary/aromatic N) is 4. The lowest BCUT2D eigenvalue weighted by Crippen LogP contribution is -2.47. The van der Waals surface area contributed by atoms with Crippen molar-refractivity contribution in [2.75, 3.05) is 24.7 Å². The van der Waals surface area contributed by atoms with E-state index < -0.39 is 76.2 Å². The Morgan fingerprint density at radius 1 is 1.00 bits per heavy atom. The lowest BCUT2D eigenvalue weighted by molar-refractivity contribution is -0.119. The molecule has 20 heteroatoms. The molecule has 7 atom stereocenters. The molecule has 318 valence electrons. The quantitative estimate of drug-likeness (QED) is 0.109. The van der Waals surface area contributed by atoms with Crippen LogP contribution in [0.5, 0.6) is 0 Å². The molecule has 0 aliphatic carbocycles. The molecule has 57 heavy (non-hydrogen) atoms. The minimum Gasteiger partial charge on any atom is -0.414 e. The highest BCUT2D eigenvalue weighted by atomic mass is 32.2.